The maximum Gasteiger partial charge on any atom is 0.254 e. The van der Waals surface area contributed by atoms with Crippen molar-refractivity contribution in [3.63, 3.8) is 0 Å². The predicted molar refractivity (Wildman–Crippen MR) is 93.0 cm³/mol. The Hall–Kier alpha value is -2.14. The van der Waals surface area contributed by atoms with Gasteiger partial charge in [-0.1, -0.05) is 17.2 Å². The molecule has 0 aliphatic carbocycles. The lowest BCUT2D eigenvalue weighted by molar-refractivity contribution is 0.0387. The largest absolute Gasteiger partial charge is 0.380 e. The van der Waals surface area contributed by atoms with Crippen LogP contribution in [0.2, 0.25) is 0 Å². The number of carbonyl (C=O) groups excluding carboxylic acids is 1. The highest BCUT2D eigenvalue weighted by Gasteiger charge is 2.32. The minimum atomic E-state index is 0.0427. The van der Waals surface area contributed by atoms with Gasteiger partial charge in [-0.2, -0.15) is 0 Å². The van der Waals surface area contributed by atoms with E-state index >= 15 is 0 Å². The van der Waals surface area contributed by atoms with Crippen molar-refractivity contribution in [2.24, 2.45) is 7.05 Å². The van der Waals surface area contributed by atoms with E-state index in [1.807, 2.05) is 55.7 Å². The van der Waals surface area contributed by atoms with Crippen molar-refractivity contribution in [1.29, 1.82) is 0 Å². The lowest BCUT2D eigenvalue weighted by Gasteiger charge is -2.35. The maximum absolute atomic E-state index is 13.1. The van der Waals surface area contributed by atoms with E-state index in [9.17, 15) is 4.79 Å². The van der Waals surface area contributed by atoms with Crippen LogP contribution in [-0.4, -0.2) is 39.6 Å². The Bertz CT molecular complexity index is 731. The number of ether oxygens (including phenoxy) is 1. The van der Waals surface area contributed by atoms with Crippen LogP contribution < -0.4 is 0 Å². The van der Waals surface area contributed by atoms with Crippen molar-refractivity contribution in [1.82, 2.24) is 14.5 Å². The van der Waals surface area contributed by atoms with E-state index in [0.717, 1.165) is 28.8 Å². The van der Waals surface area contributed by atoms with E-state index in [1.165, 1.54) is 5.69 Å². The Morgan fingerprint density at radius 1 is 1.29 bits per heavy atom. The predicted octanol–water partition coefficient (Wildman–Crippen LogP) is 2.64. The monoisotopic (exact) mass is 327 g/mol. The van der Waals surface area contributed by atoms with Gasteiger partial charge in [0.15, 0.2) is 0 Å². The Balaban J connectivity index is 1.92. The number of benzene rings is 1. The summed E-state index contributed by atoms with van der Waals surface area (Å²) in [5, 5.41) is 0. The second-order valence-corrected chi connectivity index (χ2v) is 6.58. The summed E-state index contributed by atoms with van der Waals surface area (Å²) in [6.45, 7) is 7.77. The minimum absolute atomic E-state index is 0.0427. The van der Waals surface area contributed by atoms with Crippen molar-refractivity contribution >= 4 is 5.91 Å². The number of imidazole rings is 1. The molecule has 128 valence electrons. The van der Waals surface area contributed by atoms with Gasteiger partial charge < -0.3 is 14.2 Å². The van der Waals surface area contributed by atoms with Crippen molar-refractivity contribution in [2.45, 2.75) is 39.8 Å². The van der Waals surface area contributed by atoms with Crippen molar-refractivity contribution in [3.8, 4) is 0 Å². The molecule has 24 heavy (non-hydrogen) atoms. The maximum atomic E-state index is 13.1. The lowest BCUT2D eigenvalue weighted by Crippen LogP contribution is -2.47. The molecule has 0 spiro atoms. The third kappa shape index (κ3) is 3.22. The van der Waals surface area contributed by atoms with Crippen molar-refractivity contribution < 1.29 is 9.53 Å². The molecule has 1 aliphatic rings. The summed E-state index contributed by atoms with van der Waals surface area (Å²) in [4.78, 5) is 19.5. The number of nitrogens with zero attached hydrogens (tertiary/aromatic N) is 3. The number of rotatable bonds is 4. The Labute approximate surface area is 143 Å². The van der Waals surface area contributed by atoms with Crippen LogP contribution in [0, 0.1) is 13.8 Å². The number of hydrogen-bond donors (Lipinski definition) is 0. The van der Waals surface area contributed by atoms with E-state index < -0.39 is 0 Å². The normalized spacial score (nSPS) is 17.0. The molecule has 0 N–H and O–H groups in total. The van der Waals surface area contributed by atoms with Crippen LogP contribution in [0.15, 0.2) is 24.5 Å². The summed E-state index contributed by atoms with van der Waals surface area (Å²) in [6, 6.07) is 6.05. The van der Waals surface area contributed by atoms with Crippen LogP contribution in [0.25, 0.3) is 0 Å². The summed E-state index contributed by atoms with van der Waals surface area (Å²) < 4.78 is 7.69. The molecule has 5 nitrogen and oxygen atoms in total. The van der Waals surface area contributed by atoms with E-state index in [1.54, 1.807) is 0 Å². The molecule has 0 saturated heterocycles. The van der Waals surface area contributed by atoms with E-state index in [4.69, 9.17) is 4.74 Å². The van der Waals surface area contributed by atoms with Gasteiger partial charge in [0.25, 0.3) is 5.91 Å². The SMILES string of the molecule is CCOC[C@H]1Cc2c(ncn2C)CN1C(=O)c1cc(C)cc(C)c1. The van der Waals surface area contributed by atoms with E-state index in [-0.39, 0.29) is 11.9 Å². The van der Waals surface area contributed by atoms with Crippen LogP contribution in [-0.2, 0) is 24.8 Å². The number of hydrogen-bond acceptors (Lipinski definition) is 3. The number of fused-ring (bicyclic) bond motifs is 1. The summed E-state index contributed by atoms with van der Waals surface area (Å²) in [7, 11) is 2.00. The number of aromatic nitrogens is 2. The molecule has 0 unspecified atom stereocenters. The molecule has 1 amide bonds. The third-order valence-electron chi connectivity index (χ3n) is 4.58. The van der Waals surface area contributed by atoms with Gasteiger partial charge in [-0.3, -0.25) is 4.79 Å². The average molecular weight is 327 g/mol. The highest BCUT2D eigenvalue weighted by Crippen LogP contribution is 2.25. The van der Waals surface area contributed by atoms with Crippen LogP contribution in [0.1, 0.15) is 39.8 Å². The molecule has 1 aliphatic heterocycles. The zero-order valence-corrected chi connectivity index (χ0v) is 14.9. The Morgan fingerprint density at radius 2 is 2.00 bits per heavy atom. The quantitative estimate of drug-likeness (QED) is 0.867. The standard InChI is InChI=1S/C19H25N3O2/c1-5-24-11-16-9-18-17(20-12-21(18)4)10-22(16)19(23)15-7-13(2)6-14(3)8-15/h6-8,12,16H,5,9-11H2,1-4H3/t16-/m1/s1. The van der Waals surface area contributed by atoms with E-state index in [0.29, 0.717) is 19.8 Å². The third-order valence-corrected chi connectivity index (χ3v) is 4.58. The lowest BCUT2D eigenvalue weighted by atomic mass is 10.00. The van der Waals surface area contributed by atoms with Gasteiger partial charge in [-0.25, -0.2) is 4.98 Å². The molecule has 2 aromatic rings. The van der Waals surface area contributed by atoms with E-state index in [2.05, 4.69) is 11.1 Å². The Morgan fingerprint density at radius 3 is 2.67 bits per heavy atom. The summed E-state index contributed by atoms with van der Waals surface area (Å²) in [6.07, 6.45) is 2.61. The fourth-order valence-electron chi connectivity index (χ4n) is 3.43. The van der Waals surface area contributed by atoms with Crippen LogP contribution in [0.4, 0.5) is 0 Å². The topological polar surface area (TPSA) is 47.4 Å². The molecule has 3 rings (SSSR count). The van der Waals surface area contributed by atoms with Gasteiger partial charge in [0.2, 0.25) is 0 Å². The van der Waals surface area contributed by atoms with Gasteiger partial charge in [-0.05, 0) is 32.9 Å². The zero-order chi connectivity index (χ0) is 17.3. The van der Waals surface area contributed by atoms with Crippen LogP contribution in [0.3, 0.4) is 0 Å². The minimum Gasteiger partial charge on any atom is -0.380 e. The molecule has 2 heterocycles. The number of carbonyl (C=O) groups is 1. The summed E-state index contributed by atoms with van der Waals surface area (Å²) in [5.41, 5.74) is 5.14. The van der Waals surface area contributed by atoms with Gasteiger partial charge in [0, 0.05) is 31.3 Å². The molecular formula is C19H25N3O2. The molecule has 0 saturated carbocycles. The molecule has 1 aromatic carbocycles. The van der Waals surface area contributed by atoms with Gasteiger partial charge >= 0.3 is 0 Å². The molecule has 0 fully saturated rings. The fraction of sp³-hybridized carbons (Fsp3) is 0.474. The first kappa shape index (κ1) is 16.7. The summed E-state index contributed by atoms with van der Waals surface area (Å²) in [5.74, 6) is 0.0582. The van der Waals surface area contributed by atoms with Gasteiger partial charge in [0.05, 0.1) is 31.2 Å². The molecular weight excluding hydrogens is 302 g/mol. The van der Waals surface area contributed by atoms with Crippen molar-refractivity contribution in [2.75, 3.05) is 13.2 Å². The first-order chi connectivity index (χ1) is 11.5. The fourth-order valence-corrected chi connectivity index (χ4v) is 3.43. The second kappa shape index (κ2) is 6.77. The van der Waals surface area contributed by atoms with Gasteiger partial charge in [-0.15, -0.1) is 0 Å². The van der Waals surface area contributed by atoms with Gasteiger partial charge in [0.1, 0.15) is 0 Å². The van der Waals surface area contributed by atoms with Crippen LogP contribution >= 0.6 is 0 Å². The second-order valence-electron chi connectivity index (χ2n) is 6.58. The molecule has 5 heteroatoms. The number of aryl methyl sites for hydroxylation is 3. The first-order valence-corrected chi connectivity index (χ1v) is 8.45. The summed E-state index contributed by atoms with van der Waals surface area (Å²) >= 11 is 0. The zero-order valence-electron chi connectivity index (χ0n) is 14.9. The number of amides is 1. The first-order valence-electron chi connectivity index (χ1n) is 8.45. The molecule has 1 atom stereocenters. The average Bonchev–Trinajstić information content (AvgIpc) is 2.91. The molecule has 0 bridgehead atoms. The van der Waals surface area contributed by atoms with Crippen molar-refractivity contribution in [3.05, 3.63) is 52.6 Å². The molecule has 1 aromatic heterocycles. The highest BCUT2D eigenvalue weighted by molar-refractivity contribution is 5.95. The smallest absolute Gasteiger partial charge is 0.254 e. The highest BCUT2D eigenvalue weighted by atomic mass is 16.5. The van der Waals surface area contributed by atoms with Crippen LogP contribution in [0.5, 0.6) is 0 Å². The molecule has 0 radical (unpaired) electrons. The Kier molecular flexibility index (Phi) is 4.71.